The topological polar surface area (TPSA) is 65.4 Å². The second kappa shape index (κ2) is 13.5. The number of fused-ring (bicyclic) bond motifs is 1. The van der Waals surface area contributed by atoms with Crippen LogP contribution >= 0.6 is 0 Å². The number of ether oxygens (including phenoxy) is 2. The molecule has 0 radical (unpaired) electrons. The molecule has 0 atom stereocenters. The van der Waals surface area contributed by atoms with Gasteiger partial charge in [-0.05, 0) is 68.1 Å². The van der Waals surface area contributed by atoms with Crippen LogP contribution in [0.15, 0.2) is 79.4 Å². The molecular weight excluding hydrogens is 474 g/mol. The molecule has 0 saturated carbocycles. The maximum absolute atomic E-state index is 12.3. The molecule has 1 N–H and O–H groups in total. The molecule has 1 amide bonds. The number of carbonyl (C=O) groups excluding carboxylic acids is 1. The van der Waals surface area contributed by atoms with Gasteiger partial charge in [0.2, 0.25) is 0 Å². The number of benzene rings is 3. The Labute approximate surface area is 225 Å². The highest BCUT2D eigenvalue weighted by Gasteiger charge is 2.12. The van der Waals surface area contributed by atoms with Crippen LogP contribution in [0.1, 0.15) is 46.6 Å². The lowest BCUT2D eigenvalue weighted by molar-refractivity contribution is 0.0953. The lowest BCUT2D eigenvalue weighted by Crippen LogP contribution is -2.24. The van der Waals surface area contributed by atoms with Crippen molar-refractivity contribution < 1.29 is 14.3 Å². The maximum atomic E-state index is 12.3. The van der Waals surface area contributed by atoms with Crippen molar-refractivity contribution in [1.82, 2.24) is 14.9 Å². The summed E-state index contributed by atoms with van der Waals surface area (Å²) >= 11 is 0. The zero-order valence-electron chi connectivity index (χ0n) is 22.4. The standard InChI is InChI=1S/C32H37N3O3/c1-4-11-25-17-18-29(30(23-25)37-3)38-21-20-35-28-15-8-7-14-27(28)34-31(35)16-6-5-9-19-33-32(36)26-13-10-12-24(2)22-26/h4,7-8,10,12-15,17-18,22-23H,1,5-6,9,11,16,19-21H2,2-3H3,(H,33,36). The van der Waals surface area contributed by atoms with Crippen LogP contribution in [-0.2, 0) is 19.4 Å². The minimum absolute atomic E-state index is 0.0116. The predicted octanol–water partition coefficient (Wildman–Crippen LogP) is 6.30. The SMILES string of the molecule is C=CCc1ccc(OCCn2c(CCCCCNC(=O)c3cccc(C)c3)nc3ccccc32)c(OC)c1. The number of amides is 1. The van der Waals surface area contributed by atoms with Crippen molar-refractivity contribution in [3.63, 3.8) is 0 Å². The van der Waals surface area contributed by atoms with Crippen molar-refractivity contribution in [1.29, 1.82) is 0 Å². The average Bonchev–Trinajstić information content (AvgIpc) is 3.28. The molecule has 0 spiro atoms. The first-order chi connectivity index (χ1) is 18.6. The van der Waals surface area contributed by atoms with Crippen molar-refractivity contribution in [2.75, 3.05) is 20.3 Å². The highest BCUT2D eigenvalue weighted by molar-refractivity contribution is 5.94. The van der Waals surface area contributed by atoms with E-state index in [2.05, 4.69) is 28.6 Å². The number of unbranched alkanes of at least 4 members (excludes halogenated alkanes) is 2. The summed E-state index contributed by atoms with van der Waals surface area (Å²) in [4.78, 5) is 17.2. The van der Waals surface area contributed by atoms with E-state index >= 15 is 0 Å². The molecule has 4 aromatic rings. The molecule has 4 rings (SSSR count). The van der Waals surface area contributed by atoms with Crippen molar-refractivity contribution in [2.45, 2.75) is 45.6 Å². The van der Waals surface area contributed by atoms with Gasteiger partial charge in [0.15, 0.2) is 11.5 Å². The van der Waals surface area contributed by atoms with E-state index in [1.165, 1.54) is 0 Å². The van der Waals surface area contributed by atoms with E-state index in [4.69, 9.17) is 14.5 Å². The molecule has 6 heteroatoms. The Hall–Kier alpha value is -4.06. The van der Waals surface area contributed by atoms with Gasteiger partial charge in [0.25, 0.3) is 5.91 Å². The normalized spacial score (nSPS) is 10.9. The van der Waals surface area contributed by atoms with Gasteiger partial charge in [0.1, 0.15) is 12.4 Å². The maximum Gasteiger partial charge on any atom is 0.251 e. The Morgan fingerprint density at radius 1 is 1.03 bits per heavy atom. The van der Waals surface area contributed by atoms with Crippen LogP contribution in [0.3, 0.4) is 0 Å². The molecule has 1 heterocycles. The lowest BCUT2D eigenvalue weighted by atomic mass is 10.1. The first kappa shape index (κ1) is 27.0. The molecule has 0 bridgehead atoms. The van der Waals surface area contributed by atoms with Crippen LogP contribution in [0.4, 0.5) is 0 Å². The first-order valence-electron chi connectivity index (χ1n) is 13.3. The number of hydrogen-bond acceptors (Lipinski definition) is 4. The summed E-state index contributed by atoms with van der Waals surface area (Å²) in [5.74, 6) is 2.52. The van der Waals surface area contributed by atoms with Gasteiger partial charge < -0.3 is 19.4 Å². The van der Waals surface area contributed by atoms with Crippen molar-refractivity contribution in [3.8, 4) is 11.5 Å². The number of imidazole rings is 1. The van der Waals surface area contributed by atoms with E-state index < -0.39 is 0 Å². The van der Waals surface area contributed by atoms with Crippen LogP contribution in [-0.4, -0.2) is 35.7 Å². The number of rotatable bonds is 14. The molecule has 0 aliphatic rings. The summed E-state index contributed by atoms with van der Waals surface area (Å²) in [6.45, 7) is 7.67. The van der Waals surface area contributed by atoms with Crippen LogP contribution in [0.2, 0.25) is 0 Å². The van der Waals surface area contributed by atoms with Crippen molar-refractivity contribution in [3.05, 3.63) is 102 Å². The number of nitrogens with one attached hydrogen (secondary N) is 1. The Morgan fingerprint density at radius 2 is 1.89 bits per heavy atom. The van der Waals surface area contributed by atoms with Gasteiger partial charge in [0, 0.05) is 18.5 Å². The van der Waals surface area contributed by atoms with Gasteiger partial charge in [-0.15, -0.1) is 6.58 Å². The van der Waals surface area contributed by atoms with Crippen LogP contribution in [0, 0.1) is 6.92 Å². The van der Waals surface area contributed by atoms with E-state index in [9.17, 15) is 4.79 Å². The smallest absolute Gasteiger partial charge is 0.251 e. The summed E-state index contributed by atoms with van der Waals surface area (Å²) < 4.78 is 13.9. The molecule has 38 heavy (non-hydrogen) atoms. The first-order valence-corrected chi connectivity index (χ1v) is 13.3. The highest BCUT2D eigenvalue weighted by Crippen LogP contribution is 2.28. The van der Waals surface area contributed by atoms with Crippen LogP contribution in [0.25, 0.3) is 11.0 Å². The molecule has 1 aromatic heterocycles. The number of nitrogens with zero attached hydrogens (tertiary/aromatic N) is 2. The fourth-order valence-corrected chi connectivity index (χ4v) is 4.61. The Bertz CT molecular complexity index is 1380. The second-order valence-electron chi connectivity index (χ2n) is 9.43. The quantitative estimate of drug-likeness (QED) is 0.159. The summed E-state index contributed by atoms with van der Waals surface area (Å²) in [6.07, 6.45) is 6.50. The number of allylic oxidation sites excluding steroid dienone is 1. The van der Waals surface area contributed by atoms with Crippen molar-refractivity contribution >= 4 is 16.9 Å². The third-order valence-corrected chi connectivity index (χ3v) is 6.56. The summed E-state index contributed by atoms with van der Waals surface area (Å²) in [6, 6.07) is 21.9. The van der Waals surface area contributed by atoms with Gasteiger partial charge >= 0.3 is 0 Å². The van der Waals surface area contributed by atoms with E-state index in [-0.39, 0.29) is 5.91 Å². The second-order valence-corrected chi connectivity index (χ2v) is 9.43. The number of hydrogen-bond donors (Lipinski definition) is 1. The van der Waals surface area contributed by atoms with Crippen LogP contribution in [0.5, 0.6) is 11.5 Å². The number of aryl methyl sites for hydroxylation is 2. The summed E-state index contributed by atoms with van der Waals surface area (Å²) in [5.41, 5.74) is 5.06. The van der Waals surface area contributed by atoms with E-state index in [0.717, 1.165) is 71.6 Å². The largest absolute Gasteiger partial charge is 0.493 e. The summed E-state index contributed by atoms with van der Waals surface area (Å²) in [5, 5.41) is 3.03. The lowest BCUT2D eigenvalue weighted by Gasteiger charge is -2.14. The number of para-hydroxylation sites is 2. The minimum atomic E-state index is -0.0116. The molecule has 0 aliphatic heterocycles. The van der Waals surface area contributed by atoms with Crippen molar-refractivity contribution in [2.24, 2.45) is 0 Å². The van der Waals surface area contributed by atoms with Gasteiger partial charge in [-0.1, -0.05) is 48.4 Å². The molecule has 0 unspecified atom stereocenters. The van der Waals surface area contributed by atoms with E-state index in [0.29, 0.717) is 25.3 Å². The Balaban J connectivity index is 1.30. The molecule has 198 valence electrons. The predicted molar refractivity (Wildman–Crippen MR) is 153 cm³/mol. The molecule has 3 aromatic carbocycles. The fourth-order valence-electron chi connectivity index (χ4n) is 4.61. The van der Waals surface area contributed by atoms with Gasteiger partial charge in [-0.3, -0.25) is 4.79 Å². The Morgan fingerprint density at radius 3 is 2.71 bits per heavy atom. The van der Waals surface area contributed by atoms with Gasteiger partial charge in [0.05, 0.1) is 24.7 Å². The fraction of sp³-hybridized carbons (Fsp3) is 0.312. The molecular formula is C32H37N3O3. The zero-order chi connectivity index (χ0) is 26.7. The summed E-state index contributed by atoms with van der Waals surface area (Å²) in [7, 11) is 1.66. The molecule has 0 saturated heterocycles. The van der Waals surface area contributed by atoms with E-state index in [1.54, 1.807) is 7.11 Å². The van der Waals surface area contributed by atoms with Gasteiger partial charge in [-0.2, -0.15) is 0 Å². The third kappa shape index (κ3) is 7.03. The van der Waals surface area contributed by atoms with E-state index in [1.807, 2.05) is 67.6 Å². The molecule has 0 aliphatic carbocycles. The zero-order valence-corrected chi connectivity index (χ0v) is 22.4. The molecule has 0 fully saturated rings. The number of carbonyl (C=O) groups is 1. The Kier molecular flexibility index (Phi) is 9.57. The third-order valence-electron chi connectivity index (χ3n) is 6.56. The minimum Gasteiger partial charge on any atom is -0.493 e. The average molecular weight is 512 g/mol. The van der Waals surface area contributed by atoms with Gasteiger partial charge in [-0.25, -0.2) is 4.98 Å². The molecule has 6 nitrogen and oxygen atoms in total. The van der Waals surface area contributed by atoms with Crippen LogP contribution < -0.4 is 14.8 Å². The number of aromatic nitrogens is 2. The number of methoxy groups -OCH3 is 1. The highest BCUT2D eigenvalue weighted by atomic mass is 16.5. The monoisotopic (exact) mass is 511 g/mol.